The minimum absolute atomic E-state index is 0.0839. The van der Waals surface area contributed by atoms with E-state index in [9.17, 15) is 9.90 Å². The van der Waals surface area contributed by atoms with Crippen LogP contribution >= 0.6 is 0 Å². The summed E-state index contributed by atoms with van der Waals surface area (Å²) in [6, 6.07) is 0. The van der Waals surface area contributed by atoms with Gasteiger partial charge in [-0.2, -0.15) is 0 Å². The summed E-state index contributed by atoms with van der Waals surface area (Å²) in [6.45, 7) is 8.35. The molecule has 0 radical (unpaired) electrons. The molecule has 0 aromatic carbocycles. The second-order valence-corrected chi connectivity index (χ2v) is 4.71. The zero-order chi connectivity index (χ0) is 12.1. The van der Waals surface area contributed by atoms with Gasteiger partial charge in [-0.25, -0.2) is 0 Å². The van der Waals surface area contributed by atoms with Crippen molar-refractivity contribution in [3.8, 4) is 0 Å². The fourth-order valence-electron chi connectivity index (χ4n) is 2.07. The highest BCUT2D eigenvalue weighted by molar-refractivity contribution is 5.75. The predicted octanol–water partition coefficient (Wildman–Crippen LogP) is 2.50. The molecule has 0 fully saturated rings. The number of aliphatic carboxylic acids is 1. The maximum Gasteiger partial charge on any atom is 0.311 e. The average molecular weight is 215 g/mol. The Morgan fingerprint density at radius 3 is 2.00 bits per heavy atom. The minimum atomic E-state index is -0.744. The summed E-state index contributed by atoms with van der Waals surface area (Å²) < 4.78 is 0. The largest absolute Gasteiger partial charge is 0.481 e. The summed E-state index contributed by atoms with van der Waals surface area (Å²) in [7, 11) is 0. The van der Waals surface area contributed by atoms with E-state index in [1.807, 2.05) is 13.8 Å². The molecule has 0 aliphatic heterocycles. The normalized spacial score (nSPS) is 15.7. The Morgan fingerprint density at radius 1 is 1.33 bits per heavy atom. The molecule has 0 aromatic rings. The first-order valence-corrected chi connectivity index (χ1v) is 5.88. The molecule has 0 spiro atoms. The molecule has 0 bridgehead atoms. The van der Waals surface area contributed by atoms with Gasteiger partial charge in [0.05, 0.1) is 5.41 Å². The second kappa shape index (κ2) is 6.11. The van der Waals surface area contributed by atoms with Crippen molar-refractivity contribution in [2.45, 2.75) is 47.0 Å². The summed E-state index contributed by atoms with van der Waals surface area (Å²) in [5, 5.41) is 9.35. The van der Waals surface area contributed by atoms with Crippen molar-refractivity contribution in [2.24, 2.45) is 23.0 Å². The van der Waals surface area contributed by atoms with Gasteiger partial charge in [0, 0.05) is 6.54 Å². The Bertz CT molecular complexity index is 200. The third-order valence-electron chi connectivity index (χ3n) is 3.70. The second-order valence-electron chi connectivity index (χ2n) is 4.71. The van der Waals surface area contributed by atoms with Crippen molar-refractivity contribution in [3.63, 3.8) is 0 Å². The maximum absolute atomic E-state index is 11.4. The van der Waals surface area contributed by atoms with Crippen LogP contribution in [0.4, 0.5) is 0 Å². The first kappa shape index (κ1) is 14.4. The van der Waals surface area contributed by atoms with Crippen molar-refractivity contribution in [1.29, 1.82) is 0 Å². The highest BCUT2D eigenvalue weighted by Crippen LogP contribution is 2.36. The van der Waals surface area contributed by atoms with E-state index in [1.54, 1.807) is 0 Å². The quantitative estimate of drug-likeness (QED) is 0.686. The Labute approximate surface area is 93.0 Å². The van der Waals surface area contributed by atoms with E-state index >= 15 is 0 Å². The van der Waals surface area contributed by atoms with E-state index in [0.717, 1.165) is 12.8 Å². The van der Waals surface area contributed by atoms with Crippen molar-refractivity contribution >= 4 is 5.97 Å². The highest BCUT2D eigenvalue weighted by Gasteiger charge is 2.41. The Kier molecular flexibility index (Phi) is 5.88. The number of hydrogen-bond acceptors (Lipinski definition) is 2. The lowest BCUT2D eigenvalue weighted by molar-refractivity contribution is -0.152. The van der Waals surface area contributed by atoms with Crippen LogP contribution in [0.5, 0.6) is 0 Å². The zero-order valence-corrected chi connectivity index (χ0v) is 10.4. The Morgan fingerprint density at radius 2 is 1.80 bits per heavy atom. The molecule has 0 aliphatic carbocycles. The molecule has 3 nitrogen and oxygen atoms in total. The van der Waals surface area contributed by atoms with Crippen LogP contribution in [-0.2, 0) is 4.79 Å². The maximum atomic E-state index is 11.4. The molecule has 90 valence electrons. The lowest BCUT2D eigenvalue weighted by atomic mass is 9.70. The van der Waals surface area contributed by atoms with Gasteiger partial charge in [0.1, 0.15) is 0 Å². The fourth-order valence-corrected chi connectivity index (χ4v) is 2.07. The first-order chi connectivity index (χ1) is 6.94. The van der Waals surface area contributed by atoms with Crippen molar-refractivity contribution in [2.75, 3.05) is 6.54 Å². The van der Waals surface area contributed by atoms with Gasteiger partial charge in [-0.05, 0) is 18.3 Å². The SMILES string of the molecule is CCC(CC)CC(CN)(C(=O)O)C(C)C. The lowest BCUT2D eigenvalue weighted by Crippen LogP contribution is -2.44. The summed E-state index contributed by atoms with van der Waals surface area (Å²) in [4.78, 5) is 11.4. The summed E-state index contributed by atoms with van der Waals surface area (Å²) in [5.41, 5.74) is 4.95. The fraction of sp³-hybridized carbons (Fsp3) is 0.917. The van der Waals surface area contributed by atoms with Crippen LogP contribution < -0.4 is 5.73 Å². The van der Waals surface area contributed by atoms with Gasteiger partial charge in [-0.1, -0.05) is 40.5 Å². The molecule has 0 aromatic heterocycles. The molecule has 15 heavy (non-hydrogen) atoms. The van der Waals surface area contributed by atoms with Crippen LogP contribution in [0.25, 0.3) is 0 Å². The number of carboxylic acids is 1. The van der Waals surface area contributed by atoms with Crippen LogP contribution in [0, 0.1) is 17.3 Å². The van der Waals surface area contributed by atoms with Gasteiger partial charge >= 0.3 is 5.97 Å². The molecule has 1 unspecified atom stereocenters. The number of nitrogens with two attached hydrogens (primary N) is 1. The summed E-state index contributed by atoms with van der Waals surface area (Å²) in [6.07, 6.45) is 2.75. The van der Waals surface area contributed by atoms with Crippen molar-refractivity contribution < 1.29 is 9.90 Å². The van der Waals surface area contributed by atoms with Crippen LogP contribution in [0.2, 0.25) is 0 Å². The third-order valence-corrected chi connectivity index (χ3v) is 3.70. The average Bonchev–Trinajstić information content (AvgIpc) is 2.19. The molecule has 0 saturated carbocycles. The van der Waals surface area contributed by atoms with E-state index in [1.165, 1.54) is 0 Å². The van der Waals surface area contributed by atoms with Gasteiger partial charge in [-0.15, -0.1) is 0 Å². The smallest absolute Gasteiger partial charge is 0.311 e. The van der Waals surface area contributed by atoms with E-state index in [4.69, 9.17) is 5.73 Å². The van der Waals surface area contributed by atoms with Gasteiger partial charge in [0.2, 0.25) is 0 Å². The Hall–Kier alpha value is -0.570. The van der Waals surface area contributed by atoms with E-state index in [-0.39, 0.29) is 12.5 Å². The van der Waals surface area contributed by atoms with Crippen molar-refractivity contribution in [3.05, 3.63) is 0 Å². The van der Waals surface area contributed by atoms with Gasteiger partial charge < -0.3 is 10.8 Å². The lowest BCUT2D eigenvalue weighted by Gasteiger charge is -2.35. The van der Waals surface area contributed by atoms with Crippen LogP contribution in [0.1, 0.15) is 47.0 Å². The van der Waals surface area contributed by atoms with Crippen LogP contribution in [0.3, 0.4) is 0 Å². The number of carbonyl (C=O) groups is 1. The standard InChI is InChI=1S/C12H25NO2/c1-5-10(6-2)7-12(8-13,9(3)4)11(14)15/h9-10H,5-8,13H2,1-4H3,(H,14,15). The van der Waals surface area contributed by atoms with Crippen LogP contribution in [-0.4, -0.2) is 17.6 Å². The topological polar surface area (TPSA) is 63.3 Å². The third kappa shape index (κ3) is 3.20. The first-order valence-electron chi connectivity index (χ1n) is 5.88. The molecule has 0 heterocycles. The van der Waals surface area contributed by atoms with Crippen LogP contribution in [0.15, 0.2) is 0 Å². The minimum Gasteiger partial charge on any atom is -0.481 e. The van der Waals surface area contributed by atoms with Gasteiger partial charge in [-0.3, -0.25) is 4.79 Å². The molecule has 0 aliphatic rings. The molecule has 0 saturated heterocycles. The number of hydrogen-bond donors (Lipinski definition) is 2. The van der Waals surface area contributed by atoms with Gasteiger partial charge in [0.15, 0.2) is 0 Å². The number of rotatable bonds is 7. The molecular weight excluding hydrogens is 190 g/mol. The monoisotopic (exact) mass is 215 g/mol. The molecule has 1 atom stereocenters. The molecule has 0 amide bonds. The van der Waals surface area contributed by atoms with Gasteiger partial charge in [0.25, 0.3) is 0 Å². The molecular formula is C12H25NO2. The number of carboxylic acid groups (broad SMARTS) is 1. The van der Waals surface area contributed by atoms with E-state index in [2.05, 4.69) is 13.8 Å². The van der Waals surface area contributed by atoms with E-state index < -0.39 is 11.4 Å². The van der Waals surface area contributed by atoms with E-state index in [0.29, 0.717) is 12.3 Å². The Balaban J connectivity index is 4.84. The summed E-state index contributed by atoms with van der Waals surface area (Å²) >= 11 is 0. The summed E-state index contributed by atoms with van der Waals surface area (Å²) in [5.74, 6) is -0.195. The zero-order valence-electron chi connectivity index (χ0n) is 10.4. The molecule has 0 rings (SSSR count). The molecule has 3 heteroatoms. The predicted molar refractivity (Wildman–Crippen MR) is 62.7 cm³/mol. The molecule has 3 N–H and O–H groups in total. The highest BCUT2D eigenvalue weighted by atomic mass is 16.4. The van der Waals surface area contributed by atoms with Crippen molar-refractivity contribution in [1.82, 2.24) is 0 Å².